The smallest absolute Gasteiger partial charge is 0.228 e. The number of ether oxygens (including phenoxy) is 3. The van der Waals surface area contributed by atoms with Crippen molar-refractivity contribution in [1.82, 2.24) is 0 Å². The Morgan fingerprint density at radius 3 is 2.21 bits per heavy atom. The van der Waals surface area contributed by atoms with Crippen LogP contribution in [0.3, 0.4) is 0 Å². The van der Waals surface area contributed by atoms with Gasteiger partial charge in [-0.25, -0.2) is 0 Å². The van der Waals surface area contributed by atoms with Crippen molar-refractivity contribution >= 4 is 29.1 Å². The second-order valence-electron chi connectivity index (χ2n) is 7.51. The molecule has 0 bridgehead atoms. The number of methoxy groups -OCH3 is 3. The van der Waals surface area contributed by atoms with Crippen molar-refractivity contribution in [2.24, 2.45) is 0 Å². The minimum Gasteiger partial charge on any atom is -0.493 e. The molecule has 0 N–H and O–H groups in total. The van der Waals surface area contributed by atoms with Crippen molar-refractivity contribution in [2.45, 2.75) is 16.6 Å². The quantitative estimate of drug-likeness (QED) is 0.451. The Balaban J connectivity index is 1.70. The zero-order chi connectivity index (χ0) is 23.4. The van der Waals surface area contributed by atoms with Crippen LogP contribution >= 0.6 is 11.8 Å². The molecule has 3 aromatic carbocycles. The summed E-state index contributed by atoms with van der Waals surface area (Å²) in [4.78, 5) is 28.9. The lowest BCUT2D eigenvalue weighted by Crippen LogP contribution is -2.35. The fourth-order valence-electron chi connectivity index (χ4n) is 3.88. The molecule has 1 aliphatic heterocycles. The Morgan fingerprint density at radius 1 is 0.939 bits per heavy atom. The number of benzene rings is 3. The van der Waals surface area contributed by atoms with Gasteiger partial charge in [0, 0.05) is 22.1 Å². The number of para-hydroxylation sites is 1. The molecule has 0 fully saturated rings. The second kappa shape index (κ2) is 10.0. The van der Waals surface area contributed by atoms with Gasteiger partial charge in [-0.2, -0.15) is 0 Å². The molecule has 1 aliphatic rings. The third kappa shape index (κ3) is 4.68. The molecular weight excluding hydrogens is 438 g/mol. The molecule has 170 valence electrons. The molecule has 0 radical (unpaired) electrons. The van der Waals surface area contributed by atoms with Crippen LogP contribution in [-0.4, -0.2) is 39.6 Å². The minimum atomic E-state index is -0.191. The second-order valence-corrected chi connectivity index (χ2v) is 8.75. The Labute approximate surface area is 197 Å². The number of carbonyl (C=O) groups is 2. The molecule has 0 saturated heterocycles. The maximum atomic E-state index is 13.4. The summed E-state index contributed by atoms with van der Waals surface area (Å²) < 4.78 is 16.4. The monoisotopic (exact) mass is 463 g/mol. The first-order valence-corrected chi connectivity index (χ1v) is 11.4. The van der Waals surface area contributed by atoms with Gasteiger partial charge < -0.3 is 19.1 Å². The van der Waals surface area contributed by atoms with Crippen LogP contribution in [0.2, 0.25) is 0 Å². The van der Waals surface area contributed by atoms with Gasteiger partial charge in [-0.05, 0) is 29.8 Å². The summed E-state index contributed by atoms with van der Waals surface area (Å²) in [5.74, 6) is 1.36. The summed E-state index contributed by atoms with van der Waals surface area (Å²) in [6.45, 7) is -0.0115. The predicted octanol–water partition coefficient (Wildman–Crippen LogP) is 5.17. The average molecular weight is 464 g/mol. The van der Waals surface area contributed by atoms with E-state index < -0.39 is 0 Å². The summed E-state index contributed by atoms with van der Waals surface area (Å²) in [5.41, 5.74) is 2.21. The van der Waals surface area contributed by atoms with Crippen LogP contribution in [0, 0.1) is 0 Å². The number of nitrogens with zero attached hydrogens (tertiary/aromatic N) is 1. The first kappa shape index (κ1) is 22.7. The molecule has 0 aliphatic carbocycles. The van der Waals surface area contributed by atoms with Crippen molar-refractivity contribution in [3.05, 3.63) is 77.9 Å². The number of ketones is 1. The highest BCUT2D eigenvalue weighted by Crippen LogP contribution is 2.49. The average Bonchev–Trinajstić information content (AvgIpc) is 2.99. The number of amides is 1. The fraction of sp³-hybridized carbons (Fsp3) is 0.231. The van der Waals surface area contributed by atoms with E-state index in [0.717, 1.165) is 16.1 Å². The third-order valence-electron chi connectivity index (χ3n) is 5.54. The number of Topliss-reactive ketones (excluding diaryl/α,β-unsaturated/α-hetero) is 1. The van der Waals surface area contributed by atoms with E-state index in [-0.39, 0.29) is 29.9 Å². The van der Waals surface area contributed by atoms with Crippen LogP contribution in [0.15, 0.2) is 71.6 Å². The summed E-state index contributed by atoms with van der Waals surface area (Å²) in [6.07, 6.45) is 0.222. The summed E-state index contributed by atoms with van der Waals surface area (Å²) in [6, 6.07) is 20.5. The number of thioether (sulfide) groups is 1. The maximum Gasteiger partial charge on any atom is 0.228 e. The third-order valence-corrected chi connectivity index (χ3v) is 6.87. The van der Waals surface area contributed by atoms with E-state index in [4.69, 9.17) is 14.2 Å². The number of hydrogen-bond acceptors (Lipinski definition) is 6. The highest BCUT2D eigenvalue weighted by atomic mass is 32.2. The van der Waals surface area contributed by atoms with E-state index in [0.29, 0.717) is 22.8 Å². The SMILES string of the molecule is COc1cc([C@@H]2CC(=O)N(CC(=O)c3ccccc3)c3ccccc3S2)cc(OC)c1OC. The molecule has 0 saturated carbocycles. The fourth-order valence-corrected chi connectivity index (χ4v) is 5.14. The molecule has 3 aromatic rings. The molecule has 6 nitrogen and oxygen atoms in total. The van der Waals surface area contributed by atoms with Crippen LogP contribution in [0.4, 0.5) is 5.69 Å². The van der Waals surface area contributed by atoms with Crippen LogP contribution in [0.25, 0.3) is 0 Å². The first-order chi connectivity index (χ1) is 16.0. The minimum absolute atomic E-state index is 0.0115. The molecule has 0 spiro atoms. The number of fused-ring (bicyclic) bond motifs is 1. The van der Waals surface area contributed by atoms with Gasteiger partial charge >= 0.3 is 0 Å². The van der Waals surface area contributed by atoms with Gasteiger partial charge in [0.1, 0.15) is 0 Å². The predicted molar refractivity (Wildman–Crippen MR) is 129 cm³/mol. The molecule has 0 aromatic heterocycles. The van der Waals surface area contributed by atoms with Crippen LogP contribution in [0.1, 0.15) is 27.6 Å². The Morgan fingerprint density at radius 2 is 1.58 bits per heavy atom. The Kier molecular flexibility index (Phi) is 6.89. The highest BCUT2D eigenvalue weighted by Gasteiger charge is 2.31. The lowest BCUT2D eigenvalue weighted by molar-refractivity contribution is -0.118. The van der Waals surface area contributed by atoms with Crippen molar-refractivity contribution in [2.75, 3.05) is 32.8 Å². The van der Waals surface area contributed by atoms with Crippen molar-refractivity contribution in [3.8, 4) is 17.2 Å². The molecule has 7 heteroatoms. The van der Waals surface area contributed by atoms with E-state index in [1.807, 2.05) is 54.6 Å². The number of rotatable bonds is 7. The lowest BCUT2D eigenvalue weighted by Gasteiger charge is -2.22. The van der Waals surface area contributed by atoms with E-state index >= 15 is 0 Å². The van der Waals surface area contributed by atoms with Crippen molar-refractivity contribution in [3.63, 3.8) is 0 Å². The van der Waals surface area contributed by atoms with E-state index in [1.165, 1.54) is 0 Å². The van der Waals surface area contributed by atoms with Gasteiger partial charge in [0.15, 0.2) is 17.3 Å². The van der Waals surface area contributed by atoms with Gasteiger partial charge in [-0.3, -0.25) is 9.59 Å². The van der Waals surface area contributed by atoms with E-state index in [1.54, 1.807) is 50.1 Å². The molecule has 1 atom stereocenters. The van der Waals surface area contributed by atoms with Gasteiger partial charge in [0.2, 0.25) is 11.7 Å². The summed E-state index contributed by atoms with van der Waals surface area (Å²) in [7, 11) is 4.69. The number of carbonyl (C=O) groups excluding carboxylic acids is 2. The van der Waals surface area contributed by atoms with Crippen LogP contribution < -0.4 is 19.1 Å². The van der Waals surface area contributed by atoms with Gasteiger partial charge in [0.25, 0.3) is 0 Å². The normalized spacial score (nSPS) is 15.4. The molecule has 33 heavy (non-hydrogen) atoms. The standard InChI is InChI=1S/C26H25NO5S/c1-30-21-13-18(14-22(31-2)26(21)32-3)24-15-25(29)27(19-11-7-8-12-23(19)33-24)16-20(28)17-9-5-4-6-10-17/h4-14,24H,15-16H2,1-3H3/t24-/m0/s1. The Hall–Kier alpha value is -3.45. The van der Waals surface area contributed by atoms with E-state index in [9.17, 15) is 9.59 Å². The van der Waals surface area contributed by atoms with Crippen molar-refractivity contribution in [1.29, 1.82) is 0 Å². The first-order valence-electron chi connectivity index (χ1n) is 10.5. The van der Waals surface area contributed by atoms with Crippen LogP contribution in [-0.2, 0) is 4.79 Å². The van der Waals surface area contributed by atoms with E-state index in [2.05, 4.69) is 0 Å². The zero-order valence-corrected chi connectivity index (χ0v) is 19.6. The molecule has 1 amide bonds. The number of anilines is 1. The van der Waals surface area contributed by atoms with Crippen molar-refractivity contribution < 1.29 is 23.8 Å². The van der Waals surface area contributed by atoms with Gasteiger partial charge in [0.05, 0.1) is 33.6 Å². The molecular formula is C26H25NO5S. The highest BCUT2D eigenvalue weighted by molar-refractivity contribution is 7.99. The Bertz CT molecular complexity index is 1140. The topological polar surface area (TPSA) is 65.1 Å². The largest absolute Gasteiger partial charge is 0.493 e. The summed E-state index contributed by atoms with van der Waals surface area (Å²) >= 11 is 1.59. The molecule has 4 rings (SSSR count). The maximum absolute atomic E-state index is 13.4. The summed E-state index contributed by atoms with van der Waals surface area (Å²) in [5, 5.41) is -0.191. The number of hydrogen-bond donors (Lipinski definition) is 0. The van der Waals surface area contributed by atoms with Crippen LogP contribution in [0.5, 0.6) is 17.2 Å². The lowest BCUT2D eigenvalue weighted by atomic mass is 10.1. The molecule has 1 heterocycles. The van der Waals surface area contributed by atoms with Gasteiger partial charge in [-0.1, -0.05) is 42.5 Å². The zero-order valence-electron chi connectivity index (χ0n) is 18.7. The van der Waals surface area contributed by atoms with Gasteiger partial charge in [-0.15, -0.1) is 11.8 Å². The molecule has 0 unspecified atom stereocenters.